The molecule has 96 valence electrons. The van der Waals surface area contributed by atoms with Crippen LogP contribution in [0.5, 0.6) is 0 Å². The molecule has 0 spiro atoms. The Morgan fingerprint density at radius 3 is 2.33 bits per heavy atom. The van der Waals surface area contributed by atoms with Crippen molar-refractivity contribution in [3.63, 3.8) is 0 Å². The molecule has 1 aromatic carbocycles. The van der Waals surface area contributed by atoms with E-state index < -0.39 is 0 Å². The van der Waals surface area contributed by atoms with Gasteiger partial charge >= 0.3 is 0 Å². The van der Waals surface area contributed by atoms with Crippen molar-refractivity contribution in [3.05, 3.63) is 45.1 Å². The molecular weight excluding hydrogens is 384 g/mol. The summed E-state index contributed by atoms with van der Waals surface area (Å²) in [4.78, 5) is 0. The largest absolute Gasteiger partial charge is 0.512 e. The first-order valence-corrected chi connectivity index (χ1v) is 7.85. The third-order valence-electron chi connectivity index (χ3n) is 2.92. The number of aliphatic hydroxyl groups excluding tert-OH is 1. The van der Waals surface area contributed by atoms with Crippen LogP contribution in [0.25, 0.3) is 0 Å². The predicted octanol–water partition coefficient (Wildman–Crippen LogP) is 5.02. The molecular formula is C13H12Cl2INO. The van der Waals surface area contributed by atoms with E-state index in [1.54, 1.807) is 18.2 Å². The molecule has 1 fully saturated rings. The van der Waals surface area contributed by atoms with Crippen LogP contribution in [0.15, 0.2) is 29.5 Å². The Labute approximate surface area is 130 Å². The van der Waals surface area contributed by atoms with Crippen LogP contribution in [0.1, 0.15) is 18.4 Å². The van der Waals surface area contributed by atoms with Gasteiger partial charge in [0, 0.05) is 21.5 Å². The minimum Gasteiger partial charge on any atom is -0.512 e. The molecule has 0 amide bonds. The van der Waals surface area contributed by atoms with Crippen molar-refractivity contribution in [2.75, 3.05) is 4.43 Å². The summed E-state index contributed by atoms with van der Waals surface area (Å²) < 4.78 is 0.570. The fraction of sp³-hybridized carbons (Fsp3) is 0.308. The van der Waals surface area contributed by atoms with Gasteiger partial charge in [0.2, 0.25) is 0 Å². The minimum absolute atomic E-state index is 0.219. The van der Waals surface area contributed by atoms with Gasteiger partial charge in [-0.15, -0.1) is 0 Å². The van der Waals surface area contributed by atoms with E-state index in [2.05, 4.69) is 22.6 Å². The number of allylic oxidation sites excluding steroid dienone is 2. The fourth-order valence-corrected chi connectivity index (χ4v) is 3.11. The molecule has 0 atom stereocenters. The molecule has 1 saturated carbocycles. The van der Waals surface area contributed by atoms with Crippen molar-refractivity contribution in [3.8, 4) is 0 Å². The Balaban J connectivity index is 2.44. The van der Waals surface area contributed by atoms with E-state index >= 15 is 0 Å². The van der Waals surface area contributed by atoms with Crippen molar-refractivity contribution in [2.45, 2.75) is 12.8 Å². The van der Waals surface area contributed by atoms with E-state index in [0.717, 1.165) is 12.8 Å². The Morgan fingerprint density at radius 2 is 1.89 bits per heavy atom. The summed E-state index contributed by atoms with van der Waals surface area (Å²) in [5.41, 5.74) is 1.36. The van der Waals surface area contributed by atoms with E-state index in [1.807, 2.05) is 0 Å². The number of alkyl halides is 1. The van der Waals surface area contributed by atoms with Crippen LogP contribution in [0.3, 0.4) is 0 Å². The van der Waals surface area contributed by atoms with Crippen LogP contribution < -0.4 is 0 Å². The summed E-state index contributed by atoms with van der Waals surface area (Å²) >= 11 is 14.3. The number of nitrogens with one attached hydrogen (secondary N) is 1. The molecule has 18 heavy (non-hydrogen) atoms. The number of benzene rings is 1. The molecule has 0 saturated heterocycles. The van der Waals surface area contributed by atoms with Crippen molar-refractivity contribution < 1.29 is 5.11 Å². The van der Waals surface area contributed by atoms with Gasteiger partial charge in [0.05, 0.1) is 15.8 Å². The van der Waals surface area contributed by atoms with Crippen molar-refractivity contribution in [1.82, 2.24) is 0 Å². The molecule has 0 aliphatic heterocycles. The Kier molecular flexibility index (Phi) is 4.56. The molecule has 1 aliphatic carbocycles. The van der Waals surface area contributed by atoms with Crippen LogP contribution in [-0.4, -0.2) is 15.2 Å². The first kappa shape index (κ1) is 14.2. The Hall–Kier alpha value is -0.260. The smallest absolute Gasteiger partial charge is 0.101 e. The van der Waals surface area contributed by atoms with Crippen LogP contribution in [0.4, 0.5) is 0 Å². The van der Waals surface area contributed by atoms with Crippen LogP contribution in [0.2, 0.25) is 10.0 Å². The molecule has 2 rings (SSSR count). The molecule has 5 heteroatoms. The van der Waals surface area contributed by atoms with Gasteiger partial charge in [0.15, 0.2) is 0 Å². The van der Waals surface area contributed by atoms with E-state index in [1.165, 1.54) is 0 Å². The van der Waals surface area contributed by atoms with Gasteiger partial charge in [-0.05, 0) is 25.0 Å². The maximum Gasteiger partial charge on any atom is 0.101 e. The molecule has 0 aromatic heterocycles. The van der Waals surface area contributed by atoms with Crippen molar-refractivity contribution >= 4 is 51.5 Å². The number of hydrogen-bond donors (Lipinski definition) is 2. The van der Waals surface area contributed by atoms with Crippen molar-refractivity contribution in [2.24, 2.45) is 5.92 Å². The first-order chi connectivity index (χ1) is 8.56. The standard InChI is InChI=1S/C13H12Cl2INO/c14-9-2-1-3-10(15)11(9)12(17)8(6-16)13(18)7-4-5-7/h1-3,7,17-18H,4-6H2/b13-8-,17-12?. The SMILES string of the molecule is N=C(/C(CI)=C(\O)C1CC1)c1c(Cl)cccc1Cl. The maximum atomic E-state index is 10.1. The van der Waals surface area contributed by atoms with E-state index in [0.29, 0.717) is 31.4 Å². The maximum absolute atomic E-state index is 10.1. The van der Waals surface area contributed by atoms with Gasteiger partial charge in [-0.3, -0.25) is 5.41 Å². The lowest BCUT2D eigenvalue weighted by Crippen LogP contribution is -2.10. The monoisotopic (exact) mass is 395 g/mol. The molecule has 2 nitrogen and oxygen atoms in total. The second-order valence-electron chi connectivity index (χ2n) is 4.24. The van der Waals surface area contributed by atoms with Gasteiger partial charge < -0.3 is 5.11 Å². The highest BCUT2D eigenvalue weighted by molar-refractivity contribution is 14.1. The second kappa shape index (κ2) is 5.80. The molecule has 0 radical (unpaired) electrons. The van der Waals surface area contributed by atoms with Gasteiger partial charge in [0.1, 0.15) is 5.76 Å². The fourth-order valence-electron chi connectivity index (χ4n) is 1.75. The third kappa shape index (κ3) is 2.83. The van der Waals surface area contributed by atoms with Crippen molar-refractivity contribution in [1.29, 1.82) is 5.41 Å². The average molecular weight is 396 g/mol. The Morgan fingerprint density at radius 1 is 1.33 bits per heavy atom. The average Bonchev–Trinajstić information content (AvgIpc) is 3.13. The number of rotatable bonds is 4. The summed E-state index contributed by atoms with van der Waals surface area (Å²) in [6.45, 7) is 0. The predicted molar refractivity (Wildman–Crippen MR) is 84.6 cm³/mol. The molecule has 2 N–H and O–H groups in total. The van der Waals surface area contributed by atoms with E-state index in [4.69, 9.17) is 28.6 Å². The summed E-state index contributed by atoms with van der Waals surface area (Å²) in [5, 5.41) is 19.2. The number of hydrogen-bond acceptors (Lipinski definition) is 2. The summed E-state index contributed by atoms with van der Waals surface area (Å²) in [6.07, 6.45) is 1.99. The van der Waals surface area contributed by atoms with Crippen LogP contribution in [0, 0.1) is 11.3 Å². The lowest BCUT2D eigenvalue weighted by molar-refractivity contribution is 0.376. The lowest BCUT2D eigenvalue weighted by Gasteiger charge is -2.12. The summed E-state index contributed by atoms with van der Waals surface area (Å²) in [7, 11) is 0. The number of halogens is 3. The molecule has 0 bridgehead atoms. The van der Waals surface area contributed by atoms with E-state index in [-0.39, 0.29) is 11.6 Å². The first-order valence-electron chi connectivity index (χ1n) is 5.57. The zero-order valence-electron chi connectivity index (χ0n) is 9.51. The molecule has 1 aliphatic rings. The minimum atomic E-state index is 0.219. The van der Waals surface area contributed by atoms with E-state index in [9.17, 15) is 5.11 Å². The Bertz CT molecular complexity index is 503. The van der Waals surface area contributed by atoms with Gasteiger partial charge in [0.25, 0.3) is 0 Å². The highest BCUT2D eigenvalue weighted by atomic mass is 127. The molecule has 0 unspecified atom stereocenters. The third-order valence-corrected chi connectivity index (χ3v) is 4.31. The number of aliphatic hydroxyl groups is 1. The zero-order chi connectivity index (χ0) is 13.3. The van der Waals surface area contributed by atoms with Gasteiger partial charge in [-0.25, -0.2) is 0 Å². The summed E-state index contributed by atoms with van der Waals surface area (Å²) in [6, 6.07) is 5.15. The molecule has 0 heterocycles. The van der Waals surface area contributed by atoms with Crippen LogP contribution >= 0.6 is 45.8 Å². The zero-order valence-corrected chi connectivity index (χ0v) is 13.2. The van der Waals surface area contributed by atoms with Gasteiger partial charge in [-0.1, -0.05) is 51.9 Å². The summed E-state index contributed by atoms with van der Waals surface area (Å²) in [5.74, 6) is 0.543. The quantitative estimate of drug-likeness (QED) is 0.319. The topological polar surface area (TPSA) is 44.1 Å². The second-order valence-corrected chi connectivity index (χ2v) is 5.82. The highest BCUT2D eigenvalue weighted by Gasteiger charge is 2.30. The lowest BCUT2D eigenvalue weighted by atomic mass is 10.0. The van der Waals surface area contributed by atoms with Gasteiger partial charge in [-0.2, -0.15) is 0 Å². The highest BCUT2D eigenvalue weighted by Crippen LogP contribution is 2.38. The van der Waals surface area contributed by atoms with Crippen LogP contribution in [-0.2, 0) is 0 Å². The normalized spacial score (nSPS) is 16.4. The molecule has 1 aromatic rings.